The summed E-state index contributed by atoms with van der Waals surface area (Å²) in [7, 11) is 0. The van der Waals surface area contributed by atoms with Gasteiger partial charge in [0.2, 0.25) is 0 Å². The highest BCUT2D eigenvalue weighted by atomic mass is 32.1. The number of ether oxygens (including phenoxy) is 1. The second kappa shape index (κ2) is 7.40. The maximum absolute atomic E-state index is 12.5. The summed E-state index contributed by atoms with van der Waals surface area (Å²) in [6.45, 7) is 4.76. The molecule has 6 heteroatoms. The molecular formula is C18H19N3O2S. The van der Waals surface area contributed by atoms with Crippen molar-refractivity contribution < 1.29 is 9.53 Å². The number of anilines is 1. The molecule has 0 saturated carbocycles. The molecule has 0 spiro atoms. The molecule has 0 unspecified atom stereocenters. The molecule has 0 aliphatic rings. The lowest BCUT2D eigenvalue weighted by Gasteiger charge is -2.10. The predicted molar refractivity (Wildman–Crippen MR) is 97.0 cm³/mol. The number of benzene rings is 2. The van der Waals surface area contributed by atoms with Gasteiger partial charge in [0.25, 0.3) is 5.91 Å². The van der Waals surface area contributed by atoms with Gasteiger partial charge in [0.1, 0.15) is 16.8 Å². The van der Waals surface area contributed by atoms with Crippen LogP contribution in [0.25, 0.3) is 11.0 Å². The van der Waals surface area contributed by atoms with E-state index in [1.165, 1.54) is 0 Å². The number of nitrogens with zero attached hydrogens (tertiary/aromatic N) is 2. The van der Waals surface area contributed by atoms with Crippen molar-refractivity contribution in [2.75, 3.05) is 11.9 Å². The number of carbonyl (C=O) groups excluding carboxylic acids is 1. The molecule has 2 aromatic carbocycles. The van der Waals surface area contributed by atoms with Crippen LogP contribution in [0.4, 0.5) is 5.69 Å². The van der Waals surface area contributed by atoms with Crippen LogP contribution in [-0.4, -0.2) is 21.3 Å². The Morgan fingerprint density at radius 1 is 1.17 bits per heavy atom. The van der Waals surface area contributed by atoms with Gasteiger partial charge < -0.3 is 10.1 Å². The molecule has 1 heterocycles. The Labute approximate surface area is 145 Å². The number of hydrogen-bond donors (Lipinski definition) is 1. The predicted octanol–water partition coefficient (Wildman–Crippen LogP) is 4.43. The second-order valence-electron chi connectivity index (χ2n) is 5.57. The number of aryl methyl sites for hydroxylation is 1. The fourth-order valence-corrected chi connectivity index (χ4v) is 2.88. The number of unbranched alkanes of at least 4 members (excludes halogenated alkanes) is 1. The fourth-order valence-electron chi connectivity index (χ4n) is 2.33. The number of amides is 1. The van der Waals surface area contributed by atoms with E-state index in [0.29, 0.717) is 12.2 Å². The topological polar surface area (TPSA) is 64.1 Å². The van der Waals surface area contributed by atoms with Gasteiger partial charge in [-0.1, -0.05) is 19.4 Å². The summed E-state index contributed by atoms with van der Waals surface area (Å²) in [5.74, 6) is 0.612. The van der Waals surface area contributed by atoms with Crippen LogP contribution in [0.3, 0.4) is 0 Å². The van der Waals surface area contributed by atoms with Crippen molar-refractivity contribution in [1.29, 1.82) is 0 Å². The number of hydrogen-bond acceptors (Lipinski definition) is 5. The van der Waals surface area contributed by atoms with Crippen molar-refractivity contribution in [3.8, 4) is 5.75 Å². The van der Waals surface area contributed by atoms with Gasteiger partial charge in [0, 0.05) is 5.56 Å². The molecule has 1 N–H and O–H groups in total. The van der Waals surface area contributed by atoms with E-state index in [1.54, 1.807) is 12.1 Å². The Morgan fingerprint density at radius 3 is 2.71 bits per heavy atom. The van der Waals surface area contributed by atoms with E-state index in [2.05, 4.69) is 21.0 Å². The molecule has 0 fully saturated rings. The van der Waals surface area contributed by atoms with E-state index in [0.717, 1.165) is 52.6 Å². The summed E-state index contributed by atoms with van der Waals surface area (Å²) < 4.78 is 14.1. The highest BCUT2D eigenvalue weighted by Gasteiger charge is 2.13. The van der Waals surface area contributed by atoms with Crippen LogP contribution in [0.1, 0.15) is 35.7 Å². The summed E-state index contributed by atoms with van der Waals surface area (Å²) in [5, 5.41) is 2.95. The van der Waals surface area contributed by atoms with Gasteiger partial charge in [0.05, 0.1) is 24.0 Å². The average Bonchev–Trinajstić information content (AvgIpc) is 3.07. The molecule has 5 nitrogen and oxygen atoms in total. The lowest BCUT2D eigenvalue weighted by molar-refractivity contribution is 0.102. The monoisotopic (exact) mass is 341 g/mol. The van der Waals surface area contributed by atoms with Crippen LogP contribution in [-0.2, 0) is 0 Å². The minimum absolute atomic E-state index is 0.168. The van der Waals surface area contributed by atoms with Gasteiger partial charge >= 0.3 is 0 Å². The van der Waals surface area contributed by atoms with E-state index >= 15 is 0 Å². The van der Waals surface area contributed by atoms with Crippen molar-refractivity contribution in [3.05, 3.63) is 47.5 Å². The maximum Gasteiger partial charge on any atom is 0.255 e. The zero-order valence-electron chi connectivity index (χ0n) is 13.7. The van der Waals surface area contributed by atoms with Crippen molar-refractivity contribution in [2.24, 2.45) is 0 Å². The Bertz CT molecular complexity index is 843. The Hall–Kier alpha value is -2.47. The van der Waals surface area contributed by atoms with E-state index in [1.807, 2.05) is 31.2 Å². The first-order valence-electron chi connectivity index (χ1n) is 7.95. The van der Waals surface area contributed by atoms with Crippen LogP contribution >= 0.6 is 11.7 Å². The lowest BCUT2D eigenvalue weighted by Crippen LogP contribution is -2.13. The van der Waals surface area contributed by atoms with Crippen LogP contribution < -0.4 is 10.1 Å². The first kappa shape index (κ1) is 16.4. The molecule has 0 aliphatic carbocycles. The van der Waals surface area contributed by atoms with Crippen molar-refractivity contribution in [2.45, 2.75) is 26.7 Å². The summed E-state index contributed by atoms with van der Waals surface area (Å²) in [6.07, 6.45) is 2.12. The highest BCUT2D eigenvalue weighted by Crippen LogP contribution is 2.26. The van der Waals surface area contributed by atoms with Crippen LogP contribution in [0, 0.1) is 6.92 Å². The number of fused-ring (bicyclic) bond motifs is 1. The third-order valence-corrected chi connectivity index (χ3v) is 4.30. The molecule has 0 saturated heterocycles. The Balaban J connectivity index is 1.74. The molecule has 124 valence electrons. The van der Waals surface area contributed by atoms with Gasteiger partial charge in [-0.3, -0.25) is 4.79 Å². The van der Waals surface area contributed by atoms with Gasteiger partial charge in [-0.05, 0) is 49.2 Å². The molecule has 1 amide bonds. The second-order valence-corrected chi connectivity index (χ2v) is 6.10. The van der Waals surface area contributed by atoms with Crippen LogP contribution in [0.5, 0.6) is 5.75 Å². The van der Waals surface area contributed by atoms with E-state index in [9.17, 15) is 4.79 Å². The van der Waals surface area contributed by atoms with E-state index in [-0.39, 0.29) is 5.91 Å². The number of carbonyl (C=O) groups is 1. The molecule has 3 aromatic rings. The quantitative estimate of drug-likeness (QED) is 0.674. The SMILES string of the molecule is CCCCOc1ccc(C(=O)Nc2c(C)ccc3nsnc23)cc1. The summed E-state index contributed by atoms with van der Waals surface area (Å²) in [4.78, 5) is 12.5. The zero-order chi connectivity index (χ0) is 16.9. The Morgan fingerprint density at radius 2 is 1.96 bits per heavy atom. The van der Waals surface area contributed by atoms with Crippen molar-refractivity contribution in [1.82, 2.24) is 8.75 Å². The smallest absolute Gasteiger partial charge is 0.255 e. The van der Waals surface area contributed by atoms with Gasteiger partial charge in [0.15, 0.2) is 0 Å². The van der Waals surface area contributed by atoms with Gasteiger partial charge in [-0.25, -0.2) is 0 Å². The molecule has 24 heavy (non-hydrogen) atoms. The number of nitrogens with one attached hydrogen (secondary N) is 1. The summed E-state index contributed by atoms with van der Waals surface area (Å²) >= 11 is 1.14. The van der Waals surface area contributed by atoms with Crippen molar-refractivity contribution in [3.63, 3.8) is 0 Å². The maximum atomic E-state index is 12.5. The molecule has 1 aromatic heterocycles. The van der Waals surface area contributed by atoms with Crippen LogP contribution in [0.15, 0.2) is 36.4 Å². The Kier molecular flexibility index (Phi) is 5.05. The van der Waals surface area contributed by atoms with Gasteiger partial charge in [-0.2, -0.15) is 8.75 Å². The molecule has 0 bridgehead atoms. The molecule has 0 aliphatic heterocycles. The number of aromatic nitrogens is 2. The first-order valence-corrected chi connectivity index (χ1v) is 8.68. The molecule has 3 rings (SSSR count). The standard InChI is InChI=1S/C18H19N3O2S/c1-3-4-11-23-14-8-6-13(7-9-14)18(22)19-16-12(2)5-10-15-17(16)21-24-20-15/h5-10H,3-4,11H2,1-2H3,(H,19,22). The van der Waals surface area contributed by atoms with E-state index in [4.69, 9.17) is 4.74 Å². The summed E-state index contributed by atoms with van der Waals surface area (Å²) in [5.41, 5.74) is 3.78. The largest absolute Gasteiger partial charge is 0.494 e. The molecule has 0 atom stereocenters. The minimum Gasteiger partial charge on any atom is -0.494 e. The number of rotatable bonds is 6. The lowest BCUT2D eigenvalue weighted by atomic mass is 10.1. The zero-order valence-corrected chi connectivity index (χ0v) is 14.5. The van der Waals surface area contributed by atoms with Gasteiger partial charge in [-0.15, -0.1) is 0 Å². The summed E-state index contributed by atoms with van der Waals surface area (Å²) in [6, 6.07) is 11.0. The molecule has 0 radical (unpaired) electrons. The normalized spacial score (nSPS) is 10.8. The highest BCUT2D eigenvalue weighted by molar-refractivity contribution is 7.00. The van der Waals surface area contributed by atoms with Crippen molar-refractivity contribution >= 4 is 34.4 Å². The van der Waals surface area contributed by atoms with Crippen LogP contribution in [0.2, 0.25) is 0 Å². The first-order chi connectivity index (χ1) is 11.7. The average molecular weight is 341 g/mol. The van der Waals surface area contributed by atoms with E-state index < -0.39 is 0 Å². The third-order valence-electron chi connectivity index (χ3n) is 3.76. The third kappa shape index (κ3) is 3.54. The molecular weight excluding hydrogens is 322 g/mol. The minimum atomic E-state index is -0.168. The fraction of sp³-hybridized carbons (Fsp3) is 0.278.